The van der Waals surface area contributed by atoms with Crippen LogP contribution in [0.15, 0.2) is 18.3 Å². The summed E-state index contributed by atoms with van der Waals surface area (Å²) in [7, 11) is 0. The van der Waals surface area contributed by atoms with Crippen molar-refractivity contribution in [2.45, 2.75) is 32.4 Å². The molecule has 0 aromatic carbocycles. The molecule has 26 heavy (non-hydrogen) atoms. The van der Waals surface area contributed by atoms with Crippen LogP contribution in [0.4, 0.5) is 5.82 Å². The number of pyridine rings is 1. The van der Waals surface area contributed by atoms with Gasteiger partial charge in [0.1, 0.15) is 5.82 Å². The first kappa shape index (κ1) is 19.1. The van der Waals surface area contributed by atoms with Gasteiger partial charge in [-0.3, -0.25) is 9.69 Å². The van der Waals surface area contributed by atoms with Gasteiger partial charge < -0.3 is 19.6 Å². The van der Waals surface area contributed by atoms with Crippen LogP contribution in [0.2, 0.25) is 0 Å². The molecule has 0 spiro atoms. The van der Waals surface area contributed by atoms with E-state index >= 15 is 0 Å². The molecule has 2 aliphatic heterocycles. The minimum atomic E-state index is -0.729. The highest BCUT2D eigenvalue weighted by Gasteiger charge is 2.31. The van der Waals surface area contributed by atoms with Gasteiger partial charge in [0.05, 0.1) is 24.4 Å². The van der Waals surface area contributed by atoms with Crippen molar-refractivity contribution in [3.05, 3.63) is 23.9 Å². The van der Waals surface area contributed by atoms with Crippen molar-refractivity contribution in [1.82, 2.24) is 14.8 Å². The number of anilines is 1. The van der Waals surface area contributed by atoms with E-state index in [-0.39, 0.29) is 11.9 Å². The van der Waals surface area contributed by atoms with E-state index in [2.05, 4.69) is 21.7 Å². The number of rotatable bonds is 4. The Balaban J connectivity index is 1.71. The topological polar surface area (TPSA) is 69.1 Å². The maximum absolute atomic E-state index is 13.2. The first-order valence-electron chi connectivity index (χ1n) is 9.38. The molecule has 1 N–H and O–H groups in total. The number of β-amino-alcohol motifs (C(OH)–C–C–N with tert-alkyl or cyclic N) is 1. The SMILES string of the molecule is CC1CN(C(=O)c2cccnc2N2CCOCC2)CCN1CC(C)(C)O. The normalized spacial score (nSPS) is 22.5. The Morgan fingerprint density at radius 3 is 2.69 bits per heavy atom. The standard InChI is InChI=1S/C19H30N4O3/c1-15-13-22(7-8-23(15)14-19(2,3)25)18(24)16-5-4-6-20-17(16)21-9-11-26-12-10-21/h4-6,15,25H,7-14H2,1-3H3. The monoisotopic (exact) mass is 362 g/mol. The lowest BCUT2D eigenvalue weighted by molar-refractivity contribution is -0.00143. The van der Waals surface area contributed by atoms with E-state index in [1.54, 1.807) is 6.20 Å². The number of piperazine rings is 1. The van der Waals surface area contributed by atoms with E-state index in [9.17, 15) is 9.90 Å². The molecule has 2 fully saturated rings. The van der Waals surface area contributed by atoms with Crippen molar-refractivity contribution >= 4 is 11.7 Å². The maximum Gasteiger partial charge on any atom is 0.257 e. The lowest BCUT2D eigenvalue weighted by atomic mass is 10.1. The molecule has 2 saturated heterocycles. The second kappa shape index (κ2) is 7.90. The van der Waals surface area contributed by atoms with Gasteiger partial charge in [-0.25, -0.2) is 4.98 Å². The molecule has 0 aliphatic carbocycles. The zero-order chi connectivity index (χ0) is 18.7. The maximum atomic E-state index is 13.2. The fourth-order valence-corrected chi connectivity index (χ4v) is 3.67. The van der Waals surface area contributed by atoms with Crippen LogP contribution in [0.3, 0.4) is 0 Å². The van der Waals surface area contributed by atoms with E-state index in [4.69, 9.17) is 4.74 Å². The van der Waals surface area contributed by atoms with E-state index in [1.807, 2.05) is 30.9 Å². The lowest BCUT2D eigenvalue weighted by Crippen LogP contribution is -2.56. The van der Waals surface area contributed by atoms with Gasteiger partial charge in [0.15, 0.2) is 0 Å². The number of hydrogen-bond acceptors (Lipinski definition) is 6. The van der Waals surface area contributed by atoms with Gasteiger partial charge in [-0.2, -0.15) is 0 Å². The molecular formula is C19H30N4O3. The molecule has 3 rings (SSSR count). The quantitative estimate of drug-likeness (QED) is 0.856. The summed E-state index contributed by atoms with van der Waals surface area (Å²) < 4.78 is 5.41. The number of carbonyl (C=O) groups excluding carboxylic acids is 1. The average Bonchev–Trinajstić information content (AvgIpc) is 2.62. The van der Waals surface area contributed by atoms with Gasteiger partial charge in [0.2, 0.25) is 0 Å². The van der Waals surface area contributed by atoms with Crippen LogP contribution in [0, 0.1) is 0 Å². The van der Waals surface area contributed by atoms with Gasteiger partial charge in [-0.05, 0) is 32.9 Å². The van der Waals surface area contributed by atoms with Crippen LogP contribution in [-0.4, -0.2) is 89.9 Å². The lowest BCUT2D eigenvalue weighted by Gasteiger charge is -2.42. The van der Waals surface area contributed by atoms with Crippen molar-refractivity contribution in [2.24, 2.45) is 0 Å². The first-order valence-corrected chi connectivity index (χ1v) is 9.38. The van der Waals surface area contributed by atoms with Gasteiger partial charge in [-0.15, -0.1) is 0 Å². The Kier molecular flexibility index (Phi) is 5.79. The molecule has 1 aromatic heterocycles. The van der Waals surface area contributed by atoms with Gasteiger partial charge in [0.25, 0.3) is 5.91 Å². The molecule has 1 atom stereocenters. The largest absolute Gasteiger partial charge is 0.389 e. The fourth-order valence-electron chi connectivity index (χ4n) is 3.67. The highest BCUT2D eigenvalue weighted by atomic mass is 16.5. The molecule has 0 radical (unpaired) electrons. The third-order valence-electron chi connectivity index (χ3n) is 4.97. The van der Waals surface area contributed by atoms with E-state index in [0.717, 1.165) is 25.5 Å². The van der Waals surface area contributed by atoms with Crippen LogP contribution in [0.1, 0.15) is 31.1 Å². The summed E-state index contributed by atoms with van der Waals surface area (Å²) in [6.07, 6.45) is 1.74. The van der Waals surface area contributed by atoms with Gasteiger partial charge >= 0.3 is 0 Å². The highest BCUT2D eigenvalue weighted by molar-refractivity contribution is 5.99. The molecule has 144 valence electrons. The number of aliphatic hydroxyl groups is 1. The molecule has 1 unspecified atom stereocenters. The van der Waals surface area contributed by atoms with Crippen LogP contribution in [0.25, 0.3) is 0 Å². The van der Waals surface area contributed by atoms with Crippen LogP contribution in [0.5, 0.6) is 0 Å². The zero-order valence-corrected chi connectivity index (χ0v) is 16.0. The van der Waals surface area contributed by atoms with E-state index in [1.165, 1.54) is 0 Å². The van der Waals surface area contributed by atoms with Crippen molar-refractivity contribution < 1.29 is 14.6 Å². The Bertz CT molecular complexity index is 625. The Labute approximate surface area is 155 Å². The molecular weight excluding hydrogens is 332 g/mol. The molecule has 1 aromatic rings. The minimum Gasteiger partial charge on any atom is -0.389 e. The van der Waals surface area contributed by atoms with Crippen LogP contribution >= 0.6 is 0 Å². The number of nitrogens with zero attached hydrogens (tertiary/aromatic N) is 4. The van der Waals surface area contributed by atoms with Crippen molar-refractivity contribution in [2.75, 3.05) is 57.4 Å². The summed E-state index contributed by atoms with van der Waals surface area (Å²) in [6.45, 7) is 11.3. The number of ether oxygens (including phenoxy) is 1. The number of carbonyl (C=O) groups is 1. The molecule has 3 heterocycles. The summed E-state index contributed by atoms with van der Waals surface area (Å²) in [6, 6.07) is 3.90. The summed E-state index contributed by atoms with van der Waals surface area (Å²) >= 11 is 0. The van der Waals surface area contributed by atoms with Crippen LogP contribution in [-0.2, 0) is 4.74 Å². The zero-order valence-electron chi connectivity index (χ0n) is 16.0. The summed E-state index contributed by atoms with van der Waals surface area (Å²) in [5, 5.41) is 10.1. The Morgan fingerprint density at radius 1 is 1.31 bits per heavy atom. The smallest absolute Gasteiger partial charge is 0.257 e. The van der Waals surface area contributed by atoms with E-state index in [0.29, 0.717) is 38.4 Å². The molecule has 7 nitrogen and oxygen atoms in total. The Morgan fingerprint density at radius 2 is 2.04 bits per heavy atom. The van der Waals surface area contributed by atoms with Crippen molar-refractivity contribution in [3.8, 4) is 0 Å². The molecule has 7 heteroatoms. The summed E-state index contributed by atoms with van der Waals surface area (Å²) in [4.78, 5) is 23.9. The Hall–Kier alpha value is -1.70. The number of amides is 1. The van der Waals surface area contributed by atoms with Crippen molar-refractivity contribution in [1.29, 1.82) is 0 Å². The van der Waals surface area contributed by atoms with Crippen LogP contribution < -0.4 is 4.90 Å². The molecule has 2 aliphatic rings. The van der Waals surface area contributed by atoms with Gasteiger partial charge in [0, 0.05) is 51.5 Å². The number of hydrogen-bond donors (Lipinski definition) is 1. The second-order valence-corrected chi connectivity index (χ2v) is 7.86. The third-order valence-corrected chi connectivity index (χ3v) is 4.97. The van der Waals surface area contributed by atoms with Crippen molar-refractivity contribution in [3.63, 3.8) is 0 Å². The fraction of sp³-hybridized carbons (Fsp3) is 0.684. The highest BCUT2D eigenvalue weighted by Crippen LogP contribution is 2.22. The minimum absolute atomic E-state index is 0.0364. The number of morpholine rings is 1. The summed E-state index contributed by atoms with van der Waals surface area (Å²) in [5.41, 5.74) is -0.0645. The number of aromatic nitrogens is 1. The summed E-state index contributed by atoms with van der Waals surface area (Å²) in [5.74, 6) is 0.793. The second-order valence-electron chi connectivity index (χ2n) is 7.86. The molecule has 1 amide bonds. The van der Waals surface area contributed by atoms with E-state index < -0.39 is 5.60 Å². The average molecular weight is 362 g/mol. The first-order chi connectivity index (χ1) is 12.3. The predicted octanol–water partition coefficient (Wildman–Crippen LogP) is 0.835. The predicted molar refractivity (Wildman–Crippen MR) is 101 cm³/mol. The van der Waals surface area contributed by atoms with Gasteiger partial charge in [-0.1, -0.05) is 0 Å². The third kappa shape index (κ3) is 4.52. The molecule has 0 bridgehead atoms. The molecule has 0 saturated carbocycles.